The van der Waals surface area contributed by atoms with Gasteiger partial charge in [-0.1, -0.05) is 6.07 Å². The zero-order valence-corrected chi connectivity index (χ0v) is 8.09. The molecule has 0 amide bonds. The zero-order valence-electron chi connectivity index (χ0n) is 8.09. The van der Waals surface area contributed by atoms with Crippen molar-refractivity contribution < 1.29 is 14.2 Å². The molecule has 0 radical (unpaired) electrons. The number of phenols is 1. The van der Waals surface area contributed by atoms with Gasteiger partial charge in [-0.3, -0.25) is 0 Å². The first-order valence-corrected chi connectivity index (χ1v) is 4.74. The quantitative estimate of drug-likeness (QED) is 0.744. The molecule has 1 N–H and O–H groups in total. The van der Waals surface area contributed by atoms with Gasteiger partial charge in [0.25, 0.3) is 0 Å². The van der Waals surface area contributed by atoms with E-state index in [0.717, 1.165) is 18.4 Å². The Hall–Kier alpha value is -1.09. The van der Waals surface area contributed by atoms with Crippen LogP contribution in [-0.4, -0.2) is 18.3 Å². The Labute approximate surface area is 82.3 Å². The Bertz CT molecular complexity index is 349. The van der Waals surface area contributed by atoms with Crippen LogP contribution >= 0.6 is 0 Å². The number of halogens is 1. The zero-order chi connectivity index (χ0) is 10.1. The van der Waals surface area contributed by atoms with Gasteiger partial charge in [0, 0.05) is 7.11 Å². The Kier molecular flexibility index (Phi) is 2.42. The summed E-state index contributed by atoms with van der Waals surface area (Å²) in [5.41, 5.74) is 1.61. The molecule has 1 aliphatic rings. The summed E-state index contributed by atoms with van der Waals surface area (Å²) in [6.07, 6.45) is 2.40. The van der Waals surface area contributed by atoms with Crippen molar-refractivity contribution in [1.82, 2.24) is 0 Å². The molecule has 0 fully saturated rings. The van der Waals surface area contributed by atoms with Crippen LogP contribution in [0.5, 0.6) is 5.75 Å². The van der Waals surface area contributed by atoms with E-state index in [2.05, 4.69) is 0 Å². The first kappa shape index (κ1) is 9.46. The summed E-state index contributed by atoms with van der Waals surface area (Å²) in [6.45, 7) is 0. The number of fused-ring (bicyclic) bond motifs is 1. The Morgan fingerprint density at radius 3 is 3.00 bits per heavy atom. The van der Waals surface area contributed by atoms with E-state index in [1.54, 1.807) is 13.2 Å². The molecule has 1 aromatic carbocycles. The third-order valence-corrected chi connectivity index (χ3v) is 2.82. The van der Waals surface area contributed by atoms with E-state index in [4.69, 9.17) is 4.74 Å². The van der Waals surface area contributed by atoms with Gasteiger partial charge in [-0.25, -0.2) is 4.39 Å². The van der Waals surface area contributed by atoms with Crippen molar-refractivity contribution >= 4 is 0 Å². The predicted molar refractivity (Wildman–Crippen MR) is 50.9 cm³/mol. The molecule has 0 aromatic heterocycles. The monoisotopic (exact) mass is 196 g/mol. The molecule has 3 heteroatoms. The number of rotatable bonds is 1. The highest BCUT2D eigenvalue weighted by Crippen LogP contribution is 2.29. The van der Waals surface area contributed by atoms with E-state index in [0.29, 0.717) is 12.0 Å². The Morgan fingerprint density at radius 2 is 2.29 bits per heavy atom. The summed E-state index contributed by atoms with van der Waals surface area (Å²) in [7, 11) is 1.67. The molecule has 0 spiro atoms. The van der Waals surface area contributed by atoms with Gasteiger partial charge in [-0.15, -0.1) is 0 Å². The average Bonchev–Trinajstić information content (AvgIpc) is 2.23. The number of methoxy groups -OCH3 is 1. The van der Waals surface area contributed by atoms with Crippen LogP contribution in [0, 0.1) is 5.82 Å². The van der Waals surface area contributed by atoms with Gasteiger partial charge in [0.05, 0.1) is 6.10 Å². The maximum Gasteiger partial charge on any atom is 0.168 e. The smallest absolute Gasteiger partial charge is 0.168 e. The third-order valence-electron chi connectivity index (χ3n) is 2.82. The molecule has 2 nitrogen and oxygen atoms in total. The van der Waals surface area contributed by atoms with Crippen LogP contribution in [-0.2, 0) is 17.6 Å². The van der Waals surface area contributed by atoms with Crippen molar-refractivity contribution in [3.8, 4) is 5.75 Å². The largest absolute Gasteiger partial charge is 0.505 e. The Balaban J connectivity index is 2.36. The highest BCUT2D eigenvalue weighted by molar-refractivity contribution is 5.38. The molecule has 14 heavy (non-hydrogen) atoms. The number of benzene rings is 1. The number of hydrogen-bond donors (Lipinski definition) is 1. The first-order chi connectivity index (χ1) is 6.72. The third kappa shape index (κ3) is 1.48. The summed E-state index contributed by atoms with van der Waals surface area (Å²) in [5, 5.41) is 9.19. The lowest BCUT2D eigenvalue weighted by atomic mass is 9.89. The molecule has 0 saturated carbocycles. The normalized spacial score (nSPS) is 20.6. The highest BCUT2D eigenvalue weighted by atomic mass is 19.1. The SMILES string of the molecule is COC1CCc2c(ccc(O)c2F)C1. The minimum Gasteiger partial charge on any atom is -0.505 e. The highest BCUT2D eigenvalue weighted by Gasteiger charge is 2.22. The van der Waals surface area contributed by atoms with E-state index in [-0.39, 0.29) is 11.9 Å². The second-order valence-corrected chi connectivity index (χ2v) is 3.64. The second kappa shape index (κ2) is 3.58. The minimum atomic E-state index is -0.461. The van der Waals surface area contributed by atoms with E-state index < -0.39 is 5.82 Å². The molecule has 1 aromatic rings. The number of aromatic hydroxyl groups is 1. The lowest BCUT2D eigenvalue weighted by Gasteiger charge is -2.23. The van der Waals surface area contributed by atoms with Gasteiger partial charge in [-0.2, -0.15) is 0 Å². The molecule has 0 aliphatic heterocycles. The van der Waals surface area contributed by atoms with Crippen molar-refractivity contribution in [2.75, 3.05) is 7.11 Å². The molecule has 1 unspecified atom stereocenters. The van der Waals surface area contributed by atoms with Crippen LogP contribution in [0.2, 0.25) is 0 Å². The lowest BCUT2D eigenvalue weighted by molar-refractivity contribution is 0.0905. The van der Waals surface area contributed by atoms with Crippen LogP contribution in [0.25, 0.3) is 0 Å². The van der Waals surface area contributed by atoms with Crippen LogP contribution in [0.4, 0.5) is 4.39 Å². The maximum atomic E-state index is 13.4. The fourth-order valence-corrected chi connectivity index (χ4v) is 1.96. The summed E-state index contributed by atoms with van der Waals surface area (Å²) in [6, 6.07) is 3.19. The number of ether oxygens (including phenoxy) is 1. The maximum absolute atomic E-state index is 13.4. The van der Waals surface area contributed by atoms with Gasteiger partial charge in [-0.05, 0) is 36.5 Å². The van der Waals surface area contributed by atoms with Gasteiger partial charge in [0.15, 0.2) is 11.6 Å². The lowest BCUT2D eigenvalue weighted by Crippen LogP contribution is -2.21. The average molecular weight is 196 g/mol. The molecule has 0 saturated heterocycles. The number of phenolic OH excluding ortho intramolecular Hbond substituents is 1. The van der Waals surface area contributed by atoms with Crippen molar-refractivity contribution in [2.24, 2.45) is 0 Å². The van der Waals surface area contributed by atoms with Crippen molar-refractivity contribution in [1.29, 1.82) is 0 Å². The summed E-state index contributed by atoms with van der Waals surface area (Å²) in [5.74, 6) is -0.711. The van der Waals surface area contributed by atoms with E-state index >= 15 is 0 Å². The number of hydrogen-bond acceptors (Lipinski definition) is 2. The molecule has 0 heterocycles. The topological polar surface area (TPSA) is 29.5 Å². The minimum absolute atomic E-state index is 0.187. The van der Waals surface area contributed by atoms with Gasteiger partial charge in [0.2, 0.25) is 0 Å². The van der Waals surface area contributed by atoms with Crippen molar-refractivity contribution in [2.45, 2.75) is 25.4 Å². The predicted octanol–water partition coefficient (Wildman–Crippen LogP) is 2.04. The van der Waals surface area contributed by atoms with Crippen LogP contribution in [0.15, 0.2) is 12.1 Å². The van der Waals surface area contributed by atoms with Crippen LogP contribution < -0.4 is 0 Å². The first-order valence-electron chi connectivity index (χ1n) is 4.74. The van der Waals surface area contributed by atoms with Gasteiger partial charge < -0.3 is 9.84 Å². The molecule has 1 atom stereocenters. The standard InChI is InChI=1S/C11H13FO2/c1-14-8-3-4-9-7(6-8)2-5-10(13)11(9)12/h2,5,8,13H,3-4,6H2,1H3. The summed E-state index contributed by atoms with van der Waals surface area (Å²) >= 11 is 0. The Morgan fingerprint density at radius 1 is 1.50 bits per heavy atom. The molecule has 2 rings (SSSR count). The van der Waals surface area contributed by atoms with Crippen LogP contribution in [0.1, 0.15) is 17.5 Å². The van der Waals surface area contributed by atoms with E-state index in [9.17, 15) is 9.50 Å². The molecular formula is C11H13FO2. The fraction of sp³-hybridized carbons (Fsp3) is 0.455. The van der Waals surface area contributed by atoms with Crippen molar-refractivity contribution in [3.63, 3.8) is 0 Å². The molecule has 76 valence electrons. The molecule has 0 bridgehead atoms. The summed E-state index contributed by atoms with van der Waals surface area (Å²) in [4.78, 5) is 0. The molecular weight excluding hydrogens is 183 g/mol. The van der Waals surface area contributed by atoms with Gasteiger partial charge >= 0.3 is 0 Å². The van der Waals surface area contributed by atoms with E-state index in [1.807, 2.05) is 0 Å². The van der Waals surface area contributed by atoms with E-state index in [1.165, 1.54) is 6.07 Å². The van der Waals surface area contributed by atoms with Crippen LogP contribution in [0.3, 0.4) is 0 Å². The van der Waals surface area contributed by atoms with Crippen molar-refractivity contribution in [3.05, 3.63) is 29.1 Å². The molecule has 1 aliphatic carbocycles. The summed E-state index contributed by atoms with van der Waals surface area (Å²) < 4.78 is 18.7. The second-order valence-electron chi connectivity index (χ2n) is 3.64. The van der Waals surface area contributed by atoms with Gasteiger partial charge in [0.1, 0.15) is 0 Å². The fourth-order valence-electron chi connectivity index (χ4n) is 1.96.